The molecule has 0 unspecified atom stereocenters. The molecule has 0 bridgehead atoms. The molecule has 0 radical (unpaired) electrons. The zero-order valence-corrected chi connectivity index (χ0v) is 13.6. The van der Waals surface area contributed by atoms with Gasteiger partial charge >= 0.3 is 0 Å². The Morgan fingerprint density at radius 2 is 1.95 bits per heavy atom. The number of primary sulfonamides is 1. The predicted molar refractivity (Wildman–Crippen MR) is 84.0 cm³/mol. The van der Waals surface area contributed by atoms with Gasteiger partial charge in [0.1, 0.15) is 5.82 Å². The van der Waals surface area contributed by atoms with Crippen LogP contribution in [-0.2, 0) is 16.6 Å². The van der Waals surface area contributed by atoms with Crippen LogP contribution in [0.4, 0.5) is 10.1 Å². The second kappa shape index (κ2) is 6.13. The summed E-state index contributed by atoms with van der Waals surface area (Å²) in [5.41, 5.74) is 2.53. The van der Waals surface area contributed by atoms with Gasteiger partial charge < -0.3 is 5.32 Å². The molecule has 0 fully saturated rings. The Kier molecular flexibility index (Phi) is 4.65. The molecule has 0 aliphatic rings. The average Bonchev–Trinajstić information content (AvgIpc) is 2.38. The molecule has 0 atom stereocenters. The SMILES string of the molecule is Cc1cc(F)ccc1CNc1ccc(S(N)(=O)=O)cc1Br. The van der Waals surface area contributed by atoms with E-state index in [2.05, 4.69) is 21.2 Å². The summed E-state index contributed by atoms with van der Waals surface area (Å²) in [5.74, 6) is -0.269. The van der Waals surface area contributed by atoms with Gasteiger partial charge in [-0.2, -0.15) is 0 Å². The van der Waals surface area contributed by atoms with Gasteiger partial charge in [0, 0.05) is 16.7 Å². The van der Waals surface area contributed by atoms with E-state index in [4.69, 9.17) is 5.14 Å². The van der Waals surface area contributed by atoms with Crippen LogP contribution in [0.15, 0.2) is 45.8 Å². The van der Waals surface area contributed by atoms with Crippen molar-refractivity contribution in [1.82, 2.24) is 0 Å². The van der Waals surface area contributed by atoms with Gasteiger partial charge in [-0.3, -0.25) is 0 Å². The third kappa shape index (κ3) is 4.03. The highest BCUT2D eigenvalue weighted by molar-refractivity contribution is 9.10. The van der Waals surface area contributed by atoms with E-state index >= 15 is 0 Å². The van der Waals surface area contributed by atoms with E-state index in [0.717, 1.165) is 16.8 Å². The van der Waals surface area contributed by atoms with E-state index in [9.17, 15) is 12.8 Å². The second-order valence-electron chi connectivity index (χ2n) is 4.61. The van der Waals surface area contributed by atoms with Gasteiger partial charge in [-0.05, 0) is 64.3 Å². The van der Waals surface area contributed by atoms with Crippen molar-refractivity contribution in [2.45, 2.75) is 18.4 Å². The quantitative estimate of drug-likeness (QED) is 0.865. The summed E-state index contributed by atoms with van der Waals surface area (Å²) in [6.07, 6.45) is 0. The van der Waals surface area contributed by atoms with Crippen molar-refractivity contribution in [3.05, 3.63) is 57.8 Å². The lowest BCUT2D eigenvalue weighted by molar-refractivity contribution is 0.597. The van der Waals surface area contributed by atoms with Crippen molar-refractivity contribution in [1.29, 1.82) is 0 Å². The molecule has 0 aliphatic heterocycles. The lowest BCUT2D eigenvalue weighted by Gasteiger charge is -2.11. The first-order chi connectivity index (χ1) is 9.77. The van der Waals surface area contributed by atoms with Crippen molar-refractivity contribution in [2.75, 3.05) is 5.32 Å². The summed E-state index contributed by atoms with van der Waals surface area (Å²) in [7, 11) is -3.72. The number of hydrogen-bond donors (Lipinski definition) is 2. The van der Waals surface area contributed by atoms with Gasteiger partial charge in [0.15, 0.2) is 0 Å². The normalized spacial score (nSPS) is 11.4. The maximum Gasteiger partial charge on any atom is 0.238 e. The summed E-state index contributed by atoms with van der Waals surface area (Å²) < 4.78 is 36.1. The maximum absolute atomic E-state index is 13.0. The topological polar surface area (TPSA) is 72.2 Å². The molecule has 0 aromatic heterocycles. The smallest absolute Gasteiger partial charge is 0.238 e. The lowest BCUT2D eigenvalue weighted by atomic mass is 10.1. The molecule has 7 heteroatoms. The lowest BCUT2D eigenvalue weighted by Crippen LogP contribution is -2.12. The first kappa shape index (κ1) is 15.9. The maximum atomic E-state index is 13.0. The van der Waals surface area contributed by atoms with E-state index in [1.807, 2.05) is 6.92 Å². The number of sulfonamides is 1. The van der Waals surface area contributed by atoms with Crippen LogP contribution in [0.2, 0.25) is 0 Å². The van der Waals surface area contributed by atoms with Gasteiger partial charge in [0.2, 0.25) is 10.0 Å². The van der Waals surface area contributed by atoms with Crippen LogP contribution >= 0.6 is 15.9 Å². The van der Waals surface area contributed by atoms with E-state index < -0.39 is 10.0 Å². The van der Waals surface area contributed by atoms with Crippen LogP contribution in [0.25, 0.3) is 0 Å². The molecule has 0 saturated carbocycles. The summed E-state index contributed by atoms with van der Waals surface area (Å²) in [4.78, 5) is 0.0397. The number of nitrogens with one attached hydrogen (secondary N) is 1. The van der Waals surface area contributed by atoms with Gasteiger partial charge in [-0.15, -0.1) is 0 Å². The zero-order chi connectivity index (χ0) is 15.6. The fourth-order valence-corrected chi connectivity index (χ4v) is 3.07. The number of anilines is 1. The number of halogens is 2. The second-order valence-corrected chi connectivity index (χ2v) is 7.03. The number of rotatable bonds is 4. The summed E-state index contributed by atoms with van der Waals surface area (Å²) in [6.45, 7) is 2.33. The highest BCUT2D eigenvalue weighted by atomic mass is 79.9. The van der Waals surface area contributed by atoms with Crippen LogP contribution < -0.4 is 10.5 Å². The van der Waals surface area contributed by atoms with Gasteiger partial charge in [0.05, 0.1) is 4.90 Å². The first-order valence-corrected chi connectivity index (χ1v) is 8.42. The van der Waals surface area contributed by atoms with Crippen LogP contribution in [0.1, 0.15) is 11.1 Å². The van der Waals surface area contributed by atoms with E-state index in [1.54, 1.807) is 12.1 Å². The Hall–Kier alpha value is -1.44. The molecule has 0 spiro atoms. The average molecular weight is 373 g/mol. The van der Waals surface area contributed by atoms with Gasteiger partial charge in [0.25, 0.3) is 0 Å². The standard InChI is InChI=1S/C14H14BrFN2O2S/c1-9-6-11(16)3-2-10(9)8-18-14-5-4-12(7-13(14)15)21(17,19)20/h2-7,18H,8H2,1H3,(H2,17,19,20). The van der Waals surface area contributed by atoms with Crippen molar-refractivity contribution in [2.24, 2.45) is 5.14 Å². The van der Waals surface area contributed by atoms with E-state index in [1.165, 1.54) is 24.3 Å². The van der Waals surface area contributed by atoms with Gasteiger partial charge in [-0.1, -0.05) is 6.07 Å². The molecular formula is C14H14BrFN2O2S. The Morgan fingerprint density at radius 1 is 1.24 bits per heavy atom. The molecule has 3 N–H and O–H groups in total. The third-order valence-corrected chi connectivity index (χ3v) is 4.61. The van der Waals surface area contributed by atoms with Crippen molar-refractivity contribution < 1.29 is 12.8 Å². The minimum absolute atomic E-state index is 0.0397. The molecule has 0 amide bonds. The number of benzene rings is 2. The molecule has 112 valence electrons. The summed E-state index contributed by atoms with van der Waals surface area (Å²) in [5, 5.41) is 8.23. The Labute approximate surface area is 131 Å². The highest BCUT2D eigenvalue weighted by Crippen LogP contribution is 2.26. The van der Waals surface area contributed by atoms with E-state index in [-0.39, 0.29) is 10.7 Å². The van der Waals surface area contributed by atoms with Crippen LogP contribution in [0.3, 0.4) is 0 Å². The van der Waals surface area contributed by atoms with Crippen molar-refractivity contribution in [3.63, 3.8) is 0 Å². The Morgan fingerprint density at radius 3 is 2.52 bits per heavy atom. The van der Waals surface area contributed by atoms with E-state index in [0.29, 0.717) is 11.0 Å². The van der Waals surface area contributed by atoms with Crippen molar-refractivity contribution >= 4 is 31.6 Å². The monoisotopic (exact) mass is 372 g/mol. The molecular weight excluding hydrogens is 359 g/mol. The number of hydrogen-bond acceptors (Lipinski definition) is 3. The van der Waals surface area contributed by atoms with Crippen LogP contribution in [-0.4, -0.2) is 8.42 Å². The molecule has 2 rings (SSSR count). The largest absolute Gasteiger partial charge is 0.380 e. The third-order valence-electron chi connectivity index (χ3n) is 3.04. The Bertz CT molecular complexity index is 779. The summed E-state index contributed by atoms with van der Waals surface area (Å²) in [6, 6.07) is 9.08. The highest BCUT2D eigenvalue weighted by Gasteiger charge is 2.10. The fraction of sp³-hybridized carbons (Fsp3) is 0.143. The minimum atomic E-state index is -3.72. The molecule has 0 aliphatic carbocycles. The molecule has 4 nitrogen and oxygen atoms in total. The number of nitrogens with two attached hydrogens (primary N) is 1. The number of aryl methyl sites for hydroxylation is 1. The molecule has 2 aromatic rings. The molecule has 2 aromatic carbocycles. The van der Waals surface area contributed by atoms with Crippen molar-refractivity contribution in [3.8, 4) is 0 Å². The summed E-state index contributed by atoms with van der Waals surface area (Å²) >= 11 is 3.30. The molecule has 0 heterocycles. The minimum Gasteiger partial charge on any atom is -0.380 e. The first-order valence-electron chi connectivity index (χ1n) is 6.08. The van der Waals surface area contributed by atoms with Gasteiger partial charge in [-0.25, -0.2) is 17.9 Å². The zero-order valence-electron chi connectivity index (χ0n) is 11.2. The molecule has 0 saturated heterocycles. The van der Waals surface area contributed by atoms with Crippen LogP contribution in [0, 0.1) is 12.7 Å². The van der Waals surface area contributed by atoms with Crippen LogP contribution in [0.5, 0.6) is 0 Å². The molecule has 21 heavy (non-hydrogen) atoms. The predicted octanol–water partition coefficient (Wildman–Crippen LogP) is 3.16. The Balaban J connectivity index is 2.17. The fourth-order valence-electron chi connectivity index (χ4n) is 1.86.